The van der Waals surface area contributed by atoms with Crippen molar-refractivity contribution in [1.29, 1.82) is 0 Å². The van der Waals surface area contributed by atoms with Crippen molar-refractivity contribution in [2.24, 2.45) is 23.0 Å². The molecule has 0 bridgehead atoms. The maximum atomic E-state index is 6.03. The molecule has 0 radical (unpaired) electrons. The third-order valence-electron chi connectivity index (χ3n) is 5.17. The van der Waals surface area contributed by atoms with E-state index in [1.54, 1.807) is 0 Å². The molecular formula is C17H37N3. The fraction of sp³-hybridized carbons (Fsp3) is 1.00. The van der Waals surface area contributed by atoms with E-state index in [0.717, 1.165) is 12.5 Å². The molecule has 1 fully saturated rings. The normalized spacial score (nSPS) is 28.4. The van der Waals surface area contributed by atoms with Gasteiger partial charge in [-0.3, -0.25) is 0 Å². The molecule has 1 aliphatic rings. The summed E-state index contributed by atoms with van der Waals surface area (Å²) in [6.07, 6.45) is 5.23. The summed E-state index contributed by atoms with van der Waals surface area (Å²) in [4.78, 5) is 4.85. The fourth-order valence-corrected chi connectivity index (χ4v) is 3.61. The van der Waals surface area contributed by atoms with E-state index >= 15 is 0 Å². The summed E-state index contributed by atoms with van der Waals surface area (Å²) < 4.78 is 0. The smallest absolute Gasteiger partial charge is 0.0135 e. The van der Waals surface area contributed by atoms with Gasteiger partial charge in [0.1, 0.15) is 0 Å². The van der Waals surface area contributed by atoms with E-state index in [-0.39, 0.29) is 0 Å². The largest absolute Gasteiger partial charge is 0.330 e. The van der Waals surface area contributed by atoms with E-state index in [1.165, 1.54) is 38.8 Å². The van der Waals surface area contributed by atoms with Crippen molar-refractivity contribution in [3.8, 4) is 0 Å². The lowest BCUT2D eigenvalue weighted by molar-refractivity contribution is 0.0578. The SMILES string of the molecule is CN(C)CCCN(C)C1CC(C(C)(C)C)CCC1CN. The Bertz CT molecular complexity index is 270. The molecule has 0 spiro atoms. The van der Waals surface area contributed by atoms with Gasteiger partial charge in [-0.15, -0.1) is 0 Å². The summed E-state index contributed by atoms with van der Waals surface area (Å²) in [7, 11) is 6.60. The van der Waals surface area contributed by atoms with Crippen LogP contribution in [-0.4, -0.2) is 56.6 Å². The topological polar surface area (TPSA) is 32.5 Å². The van der Waals surface area contributed by atoms with Gasteiger partial charge in [-0.25, -0.2) is 0 Å². The first-order chi connectivity index (χ1) is 9.25. The summed E-state index contributed by atoms with van der Waals surface area (Å²) in [5.41, 5.74) is 6.46. The van der Waals surface area contributed by atoms with Crippen LogP contribution in [0.1, 0.15) is 46.5 Å². The van der Waals surface area contributed by atoms with E-state index < -0.39 is 0 Å². The molecule has 0 aliphatic heterocycles. The second-order valence-corrected chi connectivity index (χ2v) is 8.08. The molecule has 3 nitrogen and oxygen atoms in total. The Morgan fingerprint density at radius 2 is 1.70 bits per heavy atom. The van der Waals surface area contributed by atoms with Crippen LogP contribution in [0, 0.1) is 17.3 Å². The fourth-order valence-electron chi connectivity index (χ4n) is 3.61. The summed E-state index contributed by atoms with van der Waals surface area (Å²) in [5, 5.41) is 0. The Labute approximate surface area is 126 Å². The number of nitrogens with two attached hydrogens (primary N) is 1. The van der Waals surface area contributed by atoms with Gasteiger partial charge in [0, 0.05) is 6.04 Å². The molecule has 120 valence electrons. The van der Waals surface area contributed by atoms with Crippen LogP contribution >= 0.6 is 0 Å². The minimum atomic E-state index is 0.433. The van der Waals surface area contributed by atoms with Gasteiger partial charge in [0.15, 0.2) is 0 Å². The van der Waals surface area contributed by atoms with Gasteiger partial charge in [0.2, 0.25) is 0 Å². The monoisotopic (exact) mass is 283 g/mol. The maximum absolute atomic E-state index is 6.03. The molecule has 0 amide bonds. The number of hydrogen-bond donors (Lipinski definition) is 1. The van der Waals surface area contributed by atoms with Gasteiger partial charge < -0.3 is 15.5 Å². The lowest BCUT2D eigenvalue weighted by atomic mass is 9.67. The van der Waals surface area contributed by atoms with Gasteiger partial charge in [-0.1, -0.05) is 20.8 Å². The molecule has 3 unspecified atom stereocenters. The van der Waals surface area contributed by atoms with Gasteiger partial charge in [-0.2, -0.15) is 0 Å². The number of rotatable bonds is 6. The van der Waals surface area contributed by atoms with Gasteiger partial charge >= 0.3 is 0 Å². The van der Waals surface area contributed by atoms with Crippen molar-refractivity contribution in [2.45, 2.75) is 52.5 Å². The van der Waals surface area contributed by atoms with Gasteiger partial charge in [0.05, 0.1) is 0 Å². The molecule has 20 heavy (non-hydrogen) atoms. The molecule has 1 aliphatic carbocycles. The number of nitrogens with zero attached hydrogens (tertiary/aromatic N) is 2. The first kappa shape index (κ1) is 17.9. The quantitative estimate of drug-likeness (QED) is 0.813. The summed E-state index contributed by atoms with van der Waals surface area (Å²) in [6, 6.07) is 0.681. The maximum Gasteiger partial charge on any atom is 0.0135 e. The highest BCUT2D eigenvalue weighted by atomic mass is 15.1. The Morgan fingerprint density at radius 3 is 2.20 bits per heavy atom. The second-order valence-electron chi connectivity index (χ2n) is 8.08. The van der Waals surface area contributed by atoms with Crippen LogP contribution in [0.2, 0.25) is 0 Å². The Balaban J connectivity index is 2.57. The van der Waals surface area contributed by atoms with Crippen LogP contribution in [0.4, 0.5) is 0 Å². The standard InChI is InChI=1S/C17H37N3/c1-17(2,3)15-9-8-14(13-18)16(12-15)20(6)11-7-10-19(4)5/h14-16H,7-13,18H2,1-6H3. The zero-order chi connectivity index (χ0) is 15.3. The zero-order valence-electron chi connectivity index (χ0n) is 14.7. The van der Waals surface area contributed by atoms with Crippen LogP contribution in [0.15, 0.2) is 0 Å². The van der Waals surface area contributed by atoms with E-state index in [4.69, 9.17) is 5.73 Å². The van der Waals surface area contributed by atoms with Crippen molar-refractivity contribution >= 4 is 0 Å². The van der Waals surface area contributed by atoms with Crippen LogP contribution in [0.5, 0.6) is 0 Å². The average molecular weight is 284 g/mol. The minimum absolute atomic E-state index is 0.433. The third-order valence-corrected chi connectivity index (χ3v) is 5.17. The molecule has 2 N–H and O–H groups in total. The van der Waals surface area contributed by atoms with Gasteiger partial charge in [-0.05, 0) is 83.7 Å². The predicted molar refractivity (Wildman–Crippen MR) is 88.9 cm³/mol. The first-order valence-electron chi connectivity index (χ1n) is 8.30. The highest BCUT2D eigenvalue weighted by Gasteiger charge is 2.36. The van der Waals surface area contributed by atoms with Crippen LogP contribution in [-0.2, 0) is 0 Å². The molecular weight excluding hydrogens is 246 g/mol. The second kappa shape index (κ2) is 7.77. The summed E-state index contributed by atoms with van der Waals surface area (Å²) in [6.45, 7) is 10.4. The minimum Gasteiger partial charge on any atom is -0.330 e. The predicted octanol–water partition coefficient (Wildman–Crippen LogP) is 2.66. The lowest BCUT2D eigenvalue weighted by Gasteiger charge is -2.45. The lowest BCUT2D eigenvalue weighted by Crippen LogP contribution is -2.47. The Kier molecular flexibility index (Phi) is 6.96. The molecule has 0 aromatic carbocycles. The number of hydrogen-bond acceptors (Lipinski definition) is 3. The Morgan fingerprint density at radius 1 is 1.05 bits per heavy atom. The average Bonchev–Trinajstić information content (AvgIpc) is 2.36. The van der Waals surface area contributed by atoms with E-state index in [9.17, 15) is 0 Å². The molecule has 3 heteroatoms. The molecule has 1 rings (SSSR count). The van der Waals surface area contributed by atoms with Crippen LogP contribution < -0.4 is 5.73 Å². The summed E-state index contributed by atoms with van der Waals surface area (Å²) in [5.74, 6) is 1.53. The molecule has 0 aromatic rings. The molecule has 0 saturated heterocycles. The van der Waals surface area contributed by atoms with Crippen molar-refractivity contribution in [1.82, 2.24) is 9.80 Å². The van der Waals surface area contributed by atoms with Crippen molar-refractivity contribution in [3.63, 3.8) is 0 Å². The van der Waals surface area contributed by atoms with E-state index in [2.05, 4.69) is 51.7 Å². The van der Waals surface area contributed by atoms with Gasteiger partial charge in [0.25, 0.3) is 0 Å². The van der Waals surface area contributed by atoms with Crippen molar-refractivity contribution in [2.75, 3.05) is 40.8 Å². The summed E-state index contributed by atoms with van der Waals surface area (Å²) >= 11 is 0. The van der Waals surface area contributed by atoms with Crippen LogP contribution in [0.25, 0.3) is 0 Å². The molecule has 3 atom stereocenters. The van der Waals surface area contributed by atoms with E-state index in [0.29, 0.717) is 17.4 Å². The van der Waals surface area contributed by atoms with Crippen molar-refractivity contribution in [3.05, 3.63) is 0 Å². The van der Waals surface area contributed by atoms with Crippen LogP contribution in [0.3, 0.4) is 0 Å². The highest BCUT2D eigenvalue weighted by molar-refractivity contribution is 4.90. The highest BCUT2D eigenvalue weighted by Crippen LogP contribution is 2.41. The Hall–Kier alpha value is -0.120. The molecule has 0 heterocycles. The van der Waals surface area contributed by atoms with Crippen molar-refractivity contribution < 1.29 is 0 Å². The first-order valence-corrected chi connectivity index (χ1v) is 8.30. The molecule has 0 aromatic heterocycles. The third kappa shape index (κ3) is 5.34. The molecule has 1 saturated carbocycles. The van der Waals surface area contributed by atoms with E-state index in [1.807, 2.05) is 0 Å². The zero-order valence-corrected chi connectivity index (χ0v) is 14.7.